The molecule has 2 aromatic heterocycles. The molecule has 4 aromatic rings. The summed E-state index contributed by atoms with van der Waals surface area (Å²) in [6, 6.07) is 5.90. The minimum atomic E-state index is -0.959. The number of hydrogen-bond donors (Lipinski definition) is 0. The fourth-order valence-electron chi connectivity index (χ4n) is 4.77. The summed E-state index contributed by atoms with van der Waals surface area (Å²) in [5.74, 6) is -0.192. The third-order valence-corrected chi connectivity index (χ3v) is 7.99. The van der Waals surface area contributed by atoms with E-state index in [9.17, 15) is 14.4 Å². The average Bonchev–Trinajstić information content (AvgIpc) is 3.45. The molecular formula is C28H26N2O8S. The number of esters is 1. The molecular weight excluding hydrogens is 524 g/mol. The van der Waals surface area contributed by atoms with E-state index >= 15 is 0 Å². The molecule has 1 aliphatic rings. The van der Waals surface area contributed by atoms with Crippen LogP contribution in [0.1, 0.15) is 54.2 Å². The number of carbonyl (C=O) groups is 2. The molecule has 39 heavy (non-hydrogen) atoms. The summed E-state index contributed by atoms with van der Waals surface area (Å²) in [5, 5.41) is 0.563. The Morgan fingerprint density at radius 2 is 1.59 bits per heavy atom. The molecule has 0 fully saturated rings. The molecule has 202 valence electrons. The minimum absolute atomic E-state index is 0.0954. The maximum atomic E-state index is 14.0. The predicted molar refractivity (Wildman–Crippen MR) is 145 cm³/mol. The zero-order valence-electron chi connectivity index (χ0n) is 22.5. The van der Waals surface area contributed by atoms with Gasteiger partial charge in [0.2, 0.25) is 11.5 Å². The topological polar surface area (TPSA) is 117 Å². The van der Waals surface area contributed by atoms with Crippen molar-refractivity contribution < 1.29 is 33.0 Å². The van der Waals surface area contributed by atoms with Gasteiger partial charge in [-0.15, -0.1) is 0 Å². The van der Waals surface area contributed by atoms with Gasteiger partial charge in [0.05, 0.1) is 51.1 Å². The number of fused-ring (bicyclic) bond motifs is 2. The number of methoxy groups -OCH3 is 4. The highest BCUT2D eigenvalue weighted by atomic mass is 32.1. The first-order valence-electron chi connectivity index (χ1n) is 11.9. The largest absolute Gasteiger partial charge is 0.493 e. The van der Waals surface area contributed by atoms with E-state index in [1.54, 1.807) is 31.2 Å². The number of thiazole rings is 1. The number of ether oxygens (including phenoxy) is 4. The van der Waals surface area contributed by atoms with E-state index in [1.807, 2.05) is 13.8 Å². The highest BCUT2D eigenvalue weighted by Gasteiger charge is 2.46. The van der Waals surface area contributed by atoms with Crippen LogP contribution in [0.15, 0.2) is 33.5 Å². The average molecular weight is 551 g/mol. The Morgan fingerprint density at radius 1 is 0.949 bits per heavy atom. The van der Waals surface area contributed by atoms with Gasteiger partial charge in [-0.2, -0.15) is 0 Å². The van der Waals surface area contributed by atoms with Crippen LogP contribution < -0.4 is 24.5 Å². The summed E-state index contributed by atoms with van der Waals surface area (Å²) in [6.45, 7) is 5.46. The summed E-state index contributed by atoms with van der Waals surface area (Å²) < 4.78 is 27.6. The maximum absolute atomic E-state index is 14.0. The highest BCUT2D eigenvalue weighted by molar-refractivity contribution is 7.17. The second-order valence-electron chi connectivity index (χ2n) is 9.05. The van der Waals surface area contributed by atoms with Crippen molar-refractivity contribution >= 4 is 39.3 Å². The van der Waals surface area contributed by atoms with Gasteiger partial charge in [0.1, 0.15) is 10.5 Å². The Balaban J connectivity index is 1.84. The molecule has 1 amide bonds. The Morgan fingerprint density at radius 3 is 2.18 bits per heavy atom. The first-order chi connectivity index (χ1) is 18.6. The Hall–Kier alpha value is -4.38. The van der Waals surface area contributed by atoms with Gasteiger partial charge < -0.3 is 23.4 Å². The fourth-order valence-corrected chi connectivity index (χ4v) is 5.78. The van der Waals surface area contributed by atoms with Crippen LogP contribution in [0.25, 0.3) is 11.0 Å². The van der Waals surface area contributed by atoms with Crippen molar-refractivity contribution in [1.82, 2.24) is 4.98 Å². The van der Waals surface area contributed by atoms with E-state index in [-0.39, 0.29) is 26.8 Å². The second-order valence-corrected chi connectivity index (χ2v) is 10.0. The second kappa shape index (κ2) is 9.73. The molecule has 0 saturated heterocycles. The lowest BCUT2D eigenvalue weighted by Crippen LogP contribution is -2.29. The third-order valence-electron chi connectivity index (χ3n) is 6.85. The zero-order valence-corrected chi connectivity index (χ0v) is 23.3. The standard InChI is InChI=1S/C28H26N2O8S/c1-12-8-16-17(9-13(12)2)38-24-20(22(16)31)21(15-10-18(34-4)23(36-6)19(11-15)35-5)30(26(24)32)28-29-14(3)25(39-28)27(33)37-7/h8-11,21H,1-7H3. The minimum Gasteiger partial charge on any atom is -0.493 e. The molecule has 0 aliphatic carbocycles. The van der Waals surface area contributed by atoms with Crippen LogP contribution in [0.3, 0.4) is 0 Å². The normalized spacial score (nSPS) is 14.5. The van der Waals surface area contributed by atoms with Gasteiger partial charge in [-0.1, -0.05) is 11.3 Å². The van der Waals surface area contributed by atoms with E-state index < -0.39 is 17.9 Å². The molecule has 1 aliphatic heterocycles. The summed E-state index contributed by atoms with van der Waals surface area (Å²) in [6.07, 6.45) is 0. The van der Waals surface area contributed by atoms with Gasteiger partial charge in [-0.3, -0.25) is 14.5 Å². The first kappa shape index (κ1) is 26.2. The van der Waals surface area contributed by atoms with Crippen LogP contribution in [0.4, 0.5) is 5.13 Å². The molecule has 3 heterocycles. The molecule has 0 radical (unpaired) electrons. The molecule has 0 saturated carbocycles. The lowest BCUT2D eigenvalue weighted by molar-refractivity contribution is 0.0605. The summed E-state index contributed by atoms with van der Waals surface area (Å²) in [4.78, 5) is 46.5. The van der Waals surface area contributed by atoms with Crippen LogP contribution in [-0.4, -0.2) is 45.3 Å². The van der Waals surface area contributed by atoms with Crippen molar-refractivity contribution in [3.63, 3.8) is 0 Å². The highest BCUT2D eigenvalue weighted by Crippen LogP contribution is 2.47. The Bertz CT molecular complexity index is 1700. The Kier molecular flexibility index (Phi) is 6.55. The summed E-state index contributed by atoms with van der Waals surface area (Å²) >= 11 is 0.993. The predicted octanol–water partition coefficient (Wildman–Crippen LogP) is 4.74. The van der Waals surface area contributed by atoms with Crippen LogP contribution in [0.2, 0.25) is 0 Å². The number of carbonyl (C=O) groups excluding carboxylic acids is 2. The van der Waals surface area contributed by atoms with Crippen LogP contribution >= 0.6 is 11.3 Å². The third kappa shape index (κ3) is 4.00. The molecule has 2 aromatic carbocycles. The Labute approximate surface area is 227 Å². The van der Waals surface area contributed by atoms with Crippen LogP contribution in [0.5, 0.6) is 17.2 Å². The van der Waals surface area contributed by atoms with Gasteiger partial charge in [0, 0.05) is 0 Å². The van der Waals surface area contributed by atoms with E-state index in [2.05, 4.69) is 4.98 Å². The first-order valence-corrected chi connectivity index (χ1v) is 12.7. The SMILES string of the molecule is COC(=O)c1sc(N2C(=O)c3oc4cc(C)c(C)cc4c(=O)c3C2c2cc(OC)c(OC)c(OC)c2)nc1C. The molecule has 5 rings (SSSR count). The van der Waals surface area contributed by atoms with Gasteiger partial charge in [-0.05, 0) is 61.7 Å². The lowest BCUT2D eigenvalue weighted by Gasteiger charge is -2.24. The quantitative estimate of drug-likeness (QED) is 0.314. The number of anilines is 1. The smallest absolute Gasteiger partial charge is 0.350 e. The fraction of sp³-hybridized carbons (Fsp3) is 0.286. The van der Waals surface area contributed by atoms with E-state index in [4.69, 9.17) is 23.4 Å². The number of nitrogens with zero attached hydrogens (tertiary/aromatic N) is 2. The van der Waals surface area contributed by atoms with E-state index in [1.165, 1.54) is 33.3 Å². The molecule has 1 unspecified atom stereocenters. The van der Waals surface area contributed by atoms with E-state index in [0.29, 0.717) is 39.5 Å². The van der Waals surface area contributed by atoms with Crippen LogP contribution in [-0.2, 0) is 4.74 Å². The summed E-state index contributed by atoms with van der Waals surface area (Å²) in [7, 11) is 5.71. The molecule has 1 atom stereocenters. The number of rotatable bonds is 6. The number of aryl methyl sites for hydroxylation is 3. The van der Waals surface area contributed by atoms with Gasteiger partial charge in [-0.25, -0.2) is 9.78 Å². The number of aromatic nitrogens is 1. The van der Waals surface area contributed by atoms with Crippen molar-refractivity contribution in [3.05, 3.63) is 73.1 Å². The van der Waals surface area contributed by atoms with E-state index in [0.717, 1.165) is 22.5 Å². The van der Waals surface area contributed by atoms with Gasteiger partial charge >= 0.3 is 5.97 Å². The molecule has 0 spiro atoms. The maximum Gasteiger partial charge on any atom is 0.350 e. The molecule has 10 nitrogen and oxygen atoms in total. The van der Waals surface area contributed by atoms with Crippen molar-refractivity contribution in [2.45, 2.75) is 26.8 Å². The molecule has 0 N–H and O–H groups in total. The molecule has 11 heteroatoms. The van der Waals surface area contributed by atoms with Gasteiger partial charge in [0.25, 0.3) is 5.91 Å². The van der Waals surface area contributed by atoms with Crippen LogP contribution in [0, 0.1) is 20.8 Å². The number of hydrogen-bond acceptors (Lipinski definition) is 10. The molecule has 0 bridgehead atoms. The van der Waals surface area contributed by atoms with Crippen molar-refractivity contribution in [3.8, 4) is 17.2 Å². The van der Waals surface area contributed by atoms with Gasteiger partial charge in [0.15, 0.2) is 22.1 Å². The van der Waals surface area contributed by atoms with Crippen molar-refractivity contribution in [1.29, 1.82) is 0 Å². The number of amides is 1. The zero-order chi connectivity index (χ0) is 28.2. The van der Waals surface area contributed by atoms with Crippen molar-refractivity contribution in [2.75, 3.05) is 33.3 Å². The number of benzene rings is 2. The monoisotopic (exact) mass is 550 g/mol. The summed E-state index contributed by atoms with van der Waals surface area (Å²) in [5.41, 5.74) is 2.85. The van der Waals surface area contributed by atoms with Crippen molar-refractivity contribution in [2.24, 2.45) is 0 Å². The lowest BCUT2D eigenvalue weighted by atomic mass is 9.97.